The van der Waals surface area contributed by atoms with Gasteiger partial charge in [0.2, 0.25) is 0 Å². The number of hydrogen-bond donors (Lipinski definition) is 1. The highest BCUT2D eigenvalue weighted by Gasteiger charge is 2.19. The standard InChI is InChI=1S/C21H30N4O/c1-17-6-5-7-18-19(17)16-20(22-21(18)26)25-14-12-24(13-15-25)11-10-23-8-3-2-4-9-23/h5-7,16H,2-4,8-15H2,1H3,(H,22,26). The van der Waals surface area contributed by atoms with Crippen molar-refractivity contribution in [2.45, 2.75) is 26.2 Å². The van der Waals surface area contributed by atoms with Crippen LogP contribution >= 0.6 is 0 Å². The summed E-state index contributed by atoms with van der Waals surface area (Å²) in [6.45, 7) is 11.1. The number of hydrogen-bond acceptors (Lipinski definition) is 4. The van der Waals surface area contributed by atoms with Crippen LogP contribution in [0.2, 0.25) is 0 Å². The van der Waals surface area contributed by atoms with Crippen molar-refractivity contribution < 1.29 is 0 Å². The van der Waals surface area contributed by atoms with Gasteiger partial charge >= 0.3 is 0 Å². The summed E-state index contributed by atoms with van der Waals surface area (Å²) < 4.78 is 0. The van der Waals surface area contributed by atoms with Crippen molar-refractivity contribution in [1.82, 2.24) is 14.8 Å². The van der Waals surface area contributed by atoms with E-state index in [1.54, 1.807) is 0 Å². The Morgan fingerprint density at radius 3 is 2.31 bits per heavy atom. The smallest absolute Gasteiger partial charge is 0.257 e. The topological polar surface area (TPSA) is 42.6 Å². The van der Waals surface area contributed by atoms with E-state index in [1.807, 2.05) is 12.1 Å². The van der Waals surface area contributed by atoms with Crippen LogP contribution in [0.3, 0.4) is 0 Å². The van der Waals surface area contributed by atoms with Gasteiger partial charge in [0.15, 0.2) is 0 Å². The van der Waals surface area contributed by atoms with Crippen molar-refractivity contribution in [2.24, 2.45) is 0 Å². The van der Waals surface area contributed by atoms with Gasteiger partial charge in [-0.25, -0.2) is 0 Å². The Labute approximate surface area is 155 Å². The van der Waals surface area contributed by atoms with Gasteiger partial charge in [0.05, 0.1) is 0 Å². The zero-order chi connectivity index (χ0) is 17.9. The number of piperazine rings is 1. The molecule has 2 aliphatic rings. The Hall–Kier alpha value is -1.85. The average Bonchev–Trinajstić information content (AvgIpc) is 2.68. The molecule has 0 bridgehead atoms. The van der Waals surface area contributed by atoms with E-state index in [4.69, 9.17) is 0 Å². The fraction of sp³-hybridized carbons (Fsp3) is 0.571. The first-order valence-electron chi connectivity index (χ1n) is 10.0. The number of nitrogens with zero attached hydrogens (tertiary/aromatic N) is 3. The molecule has 5 heteroatoms. The molecule has 0 saturated carbocycles. The third-order valence-corrected chi connectivity index (χ3v) is 5.99. The molecule has 5 nitrogen and oxygen atoms in total. The van der Waals surface area contributed by atoms with Crippen LogP contribution in [0.1, 0.15) is 24.8 Å². The summed E-state index contributed by atoms with van der Waals surface area (Å²) in [6, 6.07) is 8.08. The summed E-state index contributed by atoms with van der Waals surface area (Å²) in [7, 11) is 0. The Morgan fingerprint density at radius 2 is 1.58 bits per heavy atom. The lowest BCUT2D eigenvalue weighted by Crippen LogP contribution is -2.49. The number of nitrogens with one attached hydrogen (secondary N) is 1. The van der Waals surface area contributed by atoms with E-state index in [9.17, 15) is 4.79 Å². The molecular weight excluding hydrogens is 324 g/mol. The van der Waals surface area contributed by atoms with Gasteiger partial charge in [-0.3, -0.25) is 9.69 Å². The molecule has 140 valence electrons. The Bertz CT molecular complexity index is 801. The van der Waals surface area contributed by atoms with Crippen LogP contribution in [0.5, 0.6) is 0 Å². The number of aromatic nitrogens is 1. The number of anilines is 1. The van der Waals surface area contributed by atoms with Gasteiger partial charge in [-0.05, 0) is 55.9 Å². The van der Waals surface area contributed by atoms with Crippen LogP contribution in [-0.2, 0) is 0 Å². The normalized spacial score (nSPS) is 20.0. The van der Waals surface area contributed by atoms with E-state index in [0.717, 1.165) is 48.3 Å². The Balaban J connectivity index is 1.38. The summed E-state index contributed by atoms with van der Waals surface area (Å²) in [5.41, 5.74) is 1.18. The van der Waals surface area contributed by atoms with Gasteiger partial charge in [0.1, 0.15) is 5.82 Å². The summed E-state index contributed by atoms with van der Waals surface area (Å²) in [5.74, 6) is 0.965. The number of benzene rings is 1. The molecule has 1 aromatic heterocycles. The minimum atomic E-state index is 0.0220. The van der Waals surface area contributed by atoms with Crippen LogP contribution in [-0.4, -0.2) is 67.1 Å². The highest BCUT2D eigenvalue weighted by atomic mass is 16.1. The van der Waals surface area contributed by atoms with E-state index in [0.29, 0.717) is 0 Å². The maximum Gasteiger partial charge on any atom is 0.257 e. The second kappa shape index (κ2) is 7.80. The van der Waals surface area contributed by atoms with Crippen LogP contribution < -0.4 is 10.5 Å². The summed E-state index contributed by atoms with van der Waals surface area (Å²) in [4.78, 5) is 23.0. The fourth-order valence-electron chi connectivity index (χ4n) is 4.28. The summed E-state index contributed by atoms with van der Waals surface area (Å²) in [5, 5.41) is 1.85. The molecule has 0 radical (unpaired) electrons. The minimum absolute atomic E-state index is 0.0220. The molecule has 0 unspecified atom stereocenters. The maximum atomic E-state index is 12.4. The number of likely N-dealkylation sites (tertiary alicyclic amines) is 1. The second-order valence-corrected chi connectivity index (χ2v) is 7.75. The number of rotatable bonds is 4. The molecule has 0 atom stereocenters. The molecule has 3 heterocycles. The highest BCUT2D eigenvalue weighted by molar-refractivity contribution is 5.86. The van der Waals surface area contributed by atoms with Gasteiger partial charge in [0.25, 0.3) is 5.56 Å². The van der Waals surface area contributed by atoms with Crippen LogP contribution in [0, 0.1) is 6.92 Å². The molecule has 1 aromatic carbocycles. The SMILES string of the molecule is Cc1cccc2c(=O)[nH]c(N3CCN(CCN4CCCCC4)CC3)cc12. The van der Waals surface area contributed by atoms with Crippen molar-refractivity contribution in [3.63, 3.8) is 0 Å². The van der Waals surface area contributed by atoms with Crippen LogP contribution in [0.25, 0.3) is 10.8 Å². The number of piperidine rings is 1. The van der Waals surface area contributed by atoms with Gasteiger partial charge in [-0.1, -0.05) is 18.6 Å². The number of H-pyrrole nitrogens is 1. The van der Waals surface area contributed by atoms with Crippen molar-refractivity contribution in [3.05, 3.63) is 40.2 Å². The first kappa shape index (κ1) is 17.6. The van der Waals surface area contributed by atoms with Gasteiger partial charge in [-0.15, -0.1) is 0 Å². The number of aryl methyl sites for hydroxylation is 1. The lowest BCUT2D eigenvalue weighted by atomic mass is 10.1. The molecule has 0 aliphatic carbocycles. The summed E-state index contributed by atoms with van der Waals surface area (Å²) in [6.07, 6.45) is 4.13. The predicted octanol–water partition coefficient (Wildman–Crippen LogP) is 2.44. The van der Waals surface area contributed by atoms with E-state index in [1.165, 1.54) is 45.4 Å². The van der Waals surface area contributed by atoms with E-state index < -0.39 is 0 Å². The molecule has 2 fully saturated rings. The maximum absolute atomic E-state index is 12.4. The summed E-state index contributed by atoms with van der Waals surface area (Å²) >= 11 is 0. The third kappa shape index (κ3) is 3.79. The second-order valence-electron chi connectivity index (χ2n) is 7.75. The monoisotopic (exact) mass is 354 g/mol. The lowest BCUT2D eigenvalue weighted by molar-refractivity contribution is 0.176. The number of fused-ring (bicyclic) bond motifs is 1. The van der Waals surface area contributed by atoms with Crippen LogP contribution in [0.15, 0.2) is 29.1 Å². The zero-order valence-electron chi connectivity index (χ0n) is 15.8. The van der Waals surface area contributed by atoms with Crippen LogP contribution in [0.4, 0.5) is 5.82 Å². The molecule has 1 N–H and O–H groups in total. The first-order chi connectivity index (χ1) is 12.7. The average molecular weight is 354 g/mol. The van der Waals surface area contributed by atoms with Crippen molar-refractivity contribution in [1.29, 1.82) is 0 Å². The highest BCUT2D eigenvalue weighted by Crippen LogP contribution is 2.21. The lowest BCUT2D eigenvalue weighted by Gasteiger charge is -2.37. The minimum Gasteiger partial charge on any atom is -0.356 e. The number of pyridine rings is 1. The molecule has 2 aliphatic heterocycles. The quantitative estimate of drug-likeness (QED) is 0.916. The Morgan fingerprint density at radius 1 is 0.885 bits per heavy atom. The van der Waals surface area contributed by atoms with E-state index >= 15 is 0 Å². The molecule has 26 heavy (non-hydrogen) atoms. The van der Waals surface area contributed by atoms with Gasteiger partial charge < -0.3 is 14.8 Å². The Kier molecular flexibility index (Phi) is 5.27. The predicted molar refractivity (Wildman–Crippen MR) is 108 cm³/mol. The fourth-order valence-corrected chi connectivity index (χ4v) is 4.28. The van der Waals surface area contributed by atoms with Crippen molar-refractivity contribution >= 4 is 16.6 Å². The molecule has 4 rings (SSSR count). The molecule has 0 spiro atoms. The molecule has 0 amide bonds. The van der Waals surface area contributed by atoms with E-state index in [-0.39, 0.29) is 5.56 Å². The van der Waals surface area contributed by atoms with E-state index in [2.05, 4.69) is 38.7 Å². The van der Waals surface area contributed by atoms with Gasteiger partial charge in [-0.2, -0.15) is 0 Å². The molecular formula is C21H30N4O. The van der Waals surface area contributed by atoms with Crippen molar-refractivity contribution in [3.8, 4) is 0 Å². The third-order valence-electron chi connectivity index (χ3n) is 5.99. The zero-order valence-corrected chi connectivity index (χ0v) is 15.8. The van der Waals surface area contributed by atoms with Crippen molar-refractivity contribution in [2.75, 3.05) is 57.3 Å². The molecule has 2 saturated heterocycles. The largest absolute Gasteiger partial charge is 0.356 e. The number of aromatic amines is 1. The first-order valence-corrected chi connectivity index (χ1v) is 10.0. The van der Waals surface area contributed by atoms with Gasteiger partial charge in [0, 0.05) is 44.7 Å². The molecule has 2 aromatic rings.